The van der Waals surface area contributed by atoms with E-state index in [1.807, 2.05) is 31.2 Å². The average Bonchev–Trinajstić information content (AvgIpc) is 3.03. The summed E-state index contributed by atoms with van der Waals surface area (Å²) in [5.74, 6) is -0.347. The van der Waals surface area contributed by atoms with E-state index in [0.717, 1.165) is 5.57 Å². The second-order valence-corrected chi connectivity index (χ2v) is 6.98. The molecule has 5 heteroatoms. The standard InChI is InChI=1S/C27H24O5/c1-4-10-23(31-26(28)20-12-6-5-7-13-20)25-22(30-3)15-9-16-24(25)32-27(29)21-14-8-11-19(2)17-18-21/h4-16,18H,1,17H2,2-3H3/b23-10+. The van der Waals surface area contributed by atoms with Crippen molar-refractivity contribution in [2.45, 2.75) is 13.3 Å². The molecule has 162 valence electrons. The molecule has 0 heterocycles. The molecule has 0 spiro atoms. The predicted molar refractivity (Wildman–Crippen MR) is 124 cm³/mol. The number of carbonyl (C=O) groups excluding carboxylic acids is 2. The highest BCUT2D eigenvalue weighted by atomic mass is 16.6. The summed E-state index contributed by atoms with van der Waals surface area (Å²) in [7, 11) is 1.49. The lowest BCUT2D eigenvalue weighted by Gasteiger charge is -2.16. The molecule has 0 aliphatic heterocycles. The summed E-state index contributed by atoms with van der Waals surface area (Å²) >= 11 is 0. The Labute approximate surface area is 187 Å². The van der Waals surface area contributed by atoms with Gasteiger partial charge in [-0.1, -0.05) is 60.7 Å². The van der Waals surface area contributed by atoms with E-state index in [1.165, 1.54) is 19.3 Å². The van der Waals surface area contributed by atoms with Gasteiger partial charge in [0.1, 0.15) is 22.8 Å². The smallest absolute Gasteiger partial charge is 0.343 e. The minimum atomic E-state index is -0.558. The van der Waals surface area contributed by atoms with Crippen LogP contribution in [0.4, 0.5) is 0 Å². The summed E-state index contributed by atoms with van der Waals surface area (Å²) in [4.78, 5) is 25.5. The quantitative estimate of drug-likeness (QED) is 0.241. The molecule has 0 radical (unpaired) electrons. The fourth-order valence-electron chi connectivity index (χ4n) is 3.05. The zero-order chi connectivity index (χ0) is 22.9. The minimum Gasteiger partial charge on any atom is -0.496 e. The maximum Gasteiger partial charge on any atom is 0.343 e. The monoisotopic (exact) mass is 428 g/mol. The van der Waals surface area contributed by atoms with Crippen molar-refractivity contribution in [3.63, 3.8) is 0 Å². The van der Waals surface area contributed by atoms with Crippen molar-refractivity contribution in [2.24, 2.45) is 0 Å². The van der Waals surface area contributed by atoms with E-state index in [9.17, 15) is 9.59 Å². The van der Waals surface area contributed by atoms with Gasteiger partial charge in [0.15, 0.2) is 0 Å². The highest BCUT2D eigenvalue weighted by molar-refractivity contribution is 5.96. The van der Waals surface area contributed by atoms with Crippen molar-refractivity contribution in [3.8, 4) is 11.5 Å². The van der Waals surface area contributed by atoms with Crippen LogP contribution in [0.1, 0.15) is 29.3 Å². The van der Waals surface area contributed by atoms with Crippen LogP contribution < -0.4 is 9.47 Å². The molecule has 1 aliphatic carbocycles. The number of methoxy groups -OCH3 is 1. The molecule has 0 unspecified atom stereocenters. The molecule has 32 heavy (non-hydrogen) atoms. The molecule has 0 atom stereocenters. The Kier molecular flexibility index (Phi) is 7.60. The third-order valence-electron chi connectivity index (χ3n) is 4.67. The SMILES string of the molecule is C=C/C=C(/OC(=O)c1ccccc1)c1c(OC)cccc1OC(=O)C1=CCC(C)=CC=C1. The summed E-state index contributed by atoms with van der Waals surface area (Å²) in [5, 5.41) is 0. The van der Waals surface area contributed by atoms with Crippen LogP contribution in [0.25, 0.3) is 5.76 Å². The third-order valence-corrected chi connectivity index (χ3v) is 4.67. The van der Waals surface area contributed by atoms with E-state index < -0.39 is 11.9 Å². The van der Waals surface area contributed by atoms with Crippen LogP contribution in [-0.4, -0.2) is 19.0 Å². The number of rotatable bonds is 7. The van der Waals surface area contributed by atoms with Gasteiger partial charge in [-0.3, -0.25) is 0 Å². The molecule has 5 nitrogen and oxygen atoms in total. The van der Waals surface area contributed by atoms with E-state index >= 15 is 0 Å². The molecule has 0 amide bonds. The van der Waals surface area contributed by atoms with Crippen LogP contribution in [0.5, 0.6) is 11.5 Å². The van der Waals surface area contributed by atoms with Gasteiger partial charge in [-0.05, 0) is 49.8 Å². The molecule has 2 aromatic carbocycles. The van der Waals surface area contributed by atoms with Crippen LogP contribution in [0.15, 0.2) is 103 Å². The first kappa shape index (κ1) is 22.6. The number of hydrogen-bond donors (Lipinski definition) is 0. The van der Waals surface area contributed by atoms with Gasteiger partial charge < -0.3 is 14.2 Å². The fourth-order valence-corrected chi connectivity index (χ4v) is 3.05. The summed E-state index contributed by atoms with van der Waals surface area (Å²) in [6, 6.07) is 13.6. The largest absolute Gasteiger partial charge is 0.496 e. The van der Waals surface area contributed by atoms with Gasteiger partial charge in [0, 0.05) is 0 Å². The van der Waals surface area contributed by atoms with Gasteiger partial charge in [0.2, 0.25) is 0 Å². The lowest BCUT2D eigenvalue weighted by atomic mass is 10.1. The number of allylic oxidation sites excluding steroid dienone is 6. The molecular weight excluding hydrogens is 404 g/mol. The van der Waals surface area contributed by atoms with Crippen molar-refractivity contribution in [1.29, 1.82) is 0 Å². The Morgan fingerprint density at radius 2 is 1.75 bits per heavy atom. The van der Waals surface area contributed by atoms with Gasteiger partial charge in [-0.2, -0.15) is 0 Å². The van der Waals surface area contributed by atoms with Crippen molar-refractivity contribution in [2.75, 3.05) is 7.11 Å². The molecular formula is C27H24O5. The van der Waals surface area contributed by atoms with Crippen molar-refractivity contribution in [1.82, 2.24) is 0 Å². The van der Waals surface area contributed by atoms with E-state index in [-0.39, 0.29) is 11.5 Å². The zero-order valence-corrected chi connectivity index (χ0v) is 18.0. The number of ether oxygens (including phenoxy) is 3. The summed E-state index contributed by atoms with van der Waals surface area (Å²) in [5.41, 5.74) is 2.28. The van der Waals surface area contributed by atoms with Gasteiger partial charge in [-0.15, -0.1) is 0 Å². The van der Waals surface area contributed by atoms with Crippen molar-refractivity contribution >= 4 is 17.7 Å². The average molecular weight is 428 g/mol. The lowest BCUT2D eigenvalue weighted by Crippen LogP contribution is -2.13. The molecule has 0 bridgehead atoms. The number of benzene rings is 2. The van der Waals surface area contributed by atoms with E-state index in [0.29, 0.717) is 28.9 Å². The molecule has 3 rings (SSSR count). The second kappa shape index (κ2) is 10.8. The molecule has 2 aromatic rings. The third kappa shape index (κ3) is 5.52. The number of esters is 2. The van der Waals surface area contributed by atoms with Crippen molar-refractivity contribution in [3.05, 3.63) is 114 Å². The lowest BCUT2D eigenvalue weighted by molar-refractivity contribution is -0.129. The van der Waals surface area contributed by atoms with Crippen molar-refractivity contribution < 1.29 is 23.8 Å². The highest BCUT2D eigenvalue weighted by Crippen LogP contribution is 2.36. The topological polar surface area (TPSA) is 61.8 Å². The Bertz CT molecular complexity index is 1130. The maximum absolute atomic E-state index is 12.8. The summed E-state index contributed by atoms with van der Waals surface area (Å²) < 4.78 is 16.8. The first-order chi connectivity index (χ1) is 15.5. The molecule has 0 aromatic heterocycles. The Morgan fingerprint density at radius 3 is 2.47 bits per heavy atom. The molecule has 0 fully saturated rings. The highest BCUT2D eigenvalue weighted by Gasteiger charge is 2.22. The Hall–Kier alpha value is -4.12. The Balaban J connectivity index is 1.95. The van der Waals surface area contributed by atoms with Crippen LogP contribution in [0, 0.1) is 0 Å². The van der Waals surface area contributed by atoms with E-state index in [2.05, 4.69) is 6.58 Å². The Morgan fingerprint density at radius 1 is 1.00 bits per heavy atom. The van der Waals surface area contributed by atoms with Crippen LogP contribution in [0.3, 0.4) is 0 Å². The van der Waals surface area contributed by atoms with Crippen LogP contribution in [-0.2, 0) is 9.53 Å². The van der Waals surface area contributed by atoms with Gasteiger partial charge >= 0.3 is 11.9 Å². The molecule has 0 saturated heterocycles. The maximum atomic E-state index is 12.8. The van der Waals surface area contributed by atoms with Crippen LogP contribution in [0.2, 0.25) is 0 Å². The summed E-state index contributed by atoms with van der Waals surface area (Å²) in [6.45, 7) is 5.69. The predicted octanol–water partition coefficient (Wildman–Crippen LogP) is 5.82. The second-order valence-electron chi connectivity index (χ2n) is 6.98. The number of hydrogen-bond acceptors (Lipinski definition) is 5. The van der Waals surface area contributed by atoms with Gasteiger partial charge in [0.25, 0.3) is 0 Å². The van der Waals surface area contributed by atoms with Gasteiger partial charge in [-0.25, -0.2) is 9.59 Å². The van der Waals surface area contributed by atoms with Gasteiger partial charge in [0.05, 0.1) is 18.2 Å². The normalized spacial score (nSPS) is 13.4. The van der Waals surface area contributed by atoms with E-state index in [4.69, 9.17) is 14.2 Å². The fraction of sp³-hybridized carbons (Fsp3) is 0.111. The minimum absolute atomic E-state index is 0.150. The molecule has 0 N–H and O–H groups in total. The number of carbonyl (C=O) groups is 2. The molecule has 0 saturated carbocycles. The van der Waals surface area contributed by atoms with E-state index in [1.54, 1.807) is 48.5 Å². The first-order valence-corrected chi connectivity index (χ1v) is 10.1. The molecule has 1 aliphatic rings. The zero-order valence-electron chi connectivity index (χ0n) is 18.0. The summed E-state index contributed by atoms with van der Waals surface area (Å²) in [6.07, 6.45) is 10.9. The van der Waals surface area contributed by atoms with Crippen LogP contribution >= 0.6 is 0 Å². The first-order valence-electron chi connectivity index (χ1n) is 10.1.